The first-order valence-corrected chi connectivity index (χ1v) is 11.5. The molecule has 2 aliphatic rings. The number of carbonyl (C=O) groups is 1. The average Bonchev–Trinajstić information content (AvgIpc) is 2.92. The maximum atomic E-state index is 12.9. The van der Waals surface area contributed by atoms with Crippen LogP contribution in [0.25, 0.3) is 0 Å². The number of quaternary nitrogens is 1. The number of hydrogen-bond acceptors (Lipinski definition) is 7. The molecule has 2 heterocycles. The summed E-state index contributed by atoms with van der Waals surface area (Å²) in [6.07, 6.45) is -1.04. The van der Waals surface area contributed by atoms with Crippen molar-refractivity contribution in [2.45, 2.75) is 80.4 Å². The molecule has 2 aliphatic heterocycles. The lowest BCUT2D eigenvalue weighted by Crippen LogP contribution is -2.65. The number of nitrogens with zero attached hydrogens (tertiary/aromatic N) is 1. The van der Waals surface area contributed by atoms with Crippen LogP contribution in [0, 0.1) is 11.1 Å². The molecule has 10 unspecified atom stereocenters. The molecule has 0 aliphatic carbocycles. The minimum atomic E-state index is -1.42. The van der Waals surface area contributed by atoms with Crippen LogP contribution in [0.3, 0.4) is 0 Å². The van der Waals surface area contributed by atoms with E-state index in [1.165, 1.54) is 18.8 Å². The molecular formula is C18H33ClN2O6S. The predicted molar refractivity (Wildman–Crippen MR) is 109 cm³/mol. The van der Waals surface area contributed by atoms with E-state index in [1.54, 1.807) is 13.2 Å². The first-order valence-electron chi connectivity index (χ1n) is 9.76. The zero-order valence-electron chi connectivity index (χ0n) is 16.8. The first-order chi connectivity index (χ1) is 13.0. The van der Waals surface area contributed by atoms with E-state index in [1.807, 2.05) is 0 Å². The number of nitrogens with one attached hydrogen (secondary N) is 1. The van der Waals surface area contributed by atoms with Crippen LogP contribution in [0.15, 0.2) is 0 Å². The second-order valence-electron chi connectivity index (χ2n) is 8.15. The third-order valence-corrected chi connectivity index (χ3v) is 6.96. The van der Waals surface area contributed by atoms with Crippen LogP contribution in [0.4, 0.5) is 0 Å². The first kappa shape index (κ1) is 24.1. The summed E-state index contributed by atoms with van der Waals surface area (Å²) in [5.74, 6) is -0.227. The highest BCUT2D eigenvalue weighted by molar-refractivity contribution is 7.99. The Balaban J connectivity index is 2.15. The van der Waals surface area contributed by atoms with Crippen LogP contribution in [0.1, 0.15) is 33.1 Å². The van der Waals surface area contributed by atoms with E-state index in [0.29, 0.717) is 13.0 Å². The summed E-state index contributed by atoms with van der Waals surface area (Å²) in [5.41, 5.74) is -0.765. The summed E-state index contributed by atoms with van der Waals surface area (Å²) in [7, 11) is 1.51. The van der Waals surface area contributed by atoms with Gasteiger partial charge in [-0.3, -0.25) is 4.79 Å². The number of aliphatic hydroxyl groups is 3. The van der Waals surface area contributed by atoms with Gasteiger partial charge in [0.2, 0.25) is 0 Å². The molecule has 0 spiro atoms. The monoisotopic (exact) mass is 440 g/mol. The molecule has 2 rings (SSSR count). The third kappa shape index (κ3) is 5.13. The SMILES string of the molecule is CCCC1CC(C(=O)NC(C(C)Cl)C2OC(SC)C(O)C(O)C2O)[N+](C)([O-])C1. The molecule has 2 fully saturated rings. The zero-order chi connectivity index (χ0) is 21.2. The Hall–Kier alpha value is -0.130. The highest BCUT2D eigenvalue weighted by Crippen LogP contribution is 2.33. The molecular weight excluding hydrogens is 408 g/mol. The van der Waals surface area contributed by atoms with Gasteiger partial charge in [0.15, 0.2) is 6.04 Å². The second kappa shape index (κ2) is 9.78. The van der Waals surface area contributed by atoms with E-state index in [0.717, 1.165) is 12.8 Å². The molecule has 4 N–H and O–H groups in total. The Morgan fingerprint density at radius 3 is 2.54 bits per heavy atom. The zero-order valence-corrected chi connectivity index (χ0v) is 18.4. The van der Waals surface area contributed by atoms with E-state index < -0.39 is 57.9 Å². The number of likely N-dealkylation sites (N-methyl/N-ethyl adjacent to an activating group) is 1. The largest absolute Gasteiger partial charge is 0.632 e. The lowest BCUT2D eigenvalue weighted by Gasteiger charge is -2.45. The fourth-order valence-electron chi connectivity index (χ4n) is 4.31. The fourth-order valence-corrected chi connectivity index (χ4v) is 5.20. The summed E-state index contributed by atoms with van der Waals surface area (Å²) in [5, 5.41) is 45.6. The third-order valence-electron chi connectivity index (χ3n) is 5.83. The van der Waals surface area contributed by atoms with E-state index in [2.05, 4.69) is 12.2 Å². The number of carbonyl (C=O) groups excluding carboxylic acids is 1. The Morgan fingerprint density at radius 1 is 1.36 bits per heavy atom. The lowest BCUT2D eigenvalue weighted by atomic mass is 9.92. The van der Waals surface area contributed by atoms with E-state index in [9.17, 15) is 25.3 Å². The summed E-state index contributed by atoms with van der Waals surface area (Å²) in [6, 6.07) is -1.58. The van der Waals surface area contributed by atoms with Crippen LogP contribution >= 0.6 is 23.4 Å². The standard InChI is InChI=1S/C18H33ClN2O6S/c1-5-6-10-7-11(21(3,26)8-10)17(25)20-12(9(2)19)16-14(23)13(22)15(24)18(27-16)28-4/h9-16,18,22-24H,5-8H2,1-4H3,(H,20,25). The number of halogens is 1. The molecule has 0 aromatic carbocycles. The van der Waals surface area contributed by atoms with Crippen molar-refractivity contribution in [3.63, 3.8) is 0 Å². The van der Waals surface area contributed by atoms with Crippen molar-refractivity contribution in [2.75, 3.05) is 19.8 Å². The van der Waals surface area contributed by atoms with Crippen LogP contribution in [-0.2, 0) is 9.53 Å². The maximum Gasteiger partial charge on any atom is 0.279 e. The number of amides is 1. The Labute approximate surface area is 175 Å². The van der Waals surface area contributed by atoms with Gasteiger partial charge in [0, 0.05) is 12.3 Å². The molecule has 0 aromatic heterocycles. The number of hydrogen-bond donors (Lipinski definition) is 4. The number of ether oxygens (including phenoxy) is 1. The van der Waals surface area contributed by atoms with Crippen LogP contribution in [0.5, 0.6) is 0 Å². The van der Waals surface area contributed by atoms with Gasteiger partial charge in [-0.05, 0) is 19.6 Å². The topological polar surface area (TPSA) is 122 Å². The van der Waals surface area contributed by atoms with Crippen molar-refractivity contribution in [3.8, 4) is 0 Å². The van der Waals surface area contributed by atoms with Gasteiger partial charge in [-0.15, -0.1) is 23.4 Å². The number of alkyl halides is 1. The molecule has 164 valence electrons. The molecule has 28 heavy (non-hydrogen) atoms. The van der Waals surface area contributed by atoms with Crippen molar-refractivity contribution >= 4 is 29.3 Å². The molecule has 8 nitrogen and oxygen atoms in total. The van der Waals surface area contributed by atoms with Gasteiger partial charge in [-0.25, -0.2) is 0 Å². The van der Waals surface area contributed by atoms with Crippen LogP contribution < -0.4 is 5.32 Å². The summed E-state index contributed by atoms with van der Waals surface area (Å²) in [6.45, 7) is 4.10. The van der Waals surface area contributed by atoms with Crippen LogP contribution in [0.2, 0.25) is 0 Å². The molecule has 0 radical (unpaired) electrons. The van der Waals surface area contributed by atoms with E-state index in [4.69, 9.17) is 16.3 Å². The van der Waals surface area contributed by atoms with Gasteiger partial charge < -0.3 is 35.2 Å². The maximum absolute atomic E-state index is 12.9. The molecule has 1 amide bonds. The van der Waals surface area contributed by atoms with E-state index >= 15 is 0 Å². The number of rotatable bonds is 7. The van der Waals surface area contributed by atoms with Crippen molar-refractivity contribution in [2.24, 2.45) is 5.92 Å². The van der Waals surface area contributed by atoms with Gasteiger partial charge in [0.05, 0.1) is 25.0 Å². The highest BCUT2D eigenvalue weighted by atomic mass is 35.5. The minimum absolute atomic E-state index is 0.199. The summed E-state index contributed by atoms with van der Waals surface area (Å²) in [4.78, 5) is 12.9. The molecule has 10 heteroatoms. The van der Waals surface area contributed by atoms with Crippen molar-refractivity contribution in [3.05, 3.63) is 5.21 Å². The number of aliphatic hydroxyl groups excluding tert-OH is 3. The van der Waals surface area contributed by atoms with Crippen LogP contribution in [-0.4, -0.2) is 93.0 Å². The number of thioether (sulfide) groups is 1. The summed E-state index contributed by atoms with van der Waals surface area (Å²) >= 11 is 7.47. The Kier molecular flexibility index (Phi) is 8.44. The Morgan fingerprint density at radius 2 is 2.00 bits per heavy atom. The average molecular weight is 441 g/mol. The number of hydroxylamine groups is 3. The van der Waals surface area contributed by atoms with Crippen molar-refractivity contribution in [1.29, 1.82) is 0 Å². The molecule has 0 aromatic rings. The lowest BCUT2D eigenvalue weighted by molar-refractivity contribution is -0.865. The summed E-state index contributed by atoms with van der Waals surface area (Å²) < 4.78 is 5.11. The Bertz CT molecular complexity index is 538. The smallest absolute Gasteiger partial charge is 0.279 e. The molecule has 10 atom stereocenters. The fraction of sp³-hybridized carbons (Fsp3) is 0.944. The van der Waals surface area contributed by atoms with Crippen molar-refractivity contribution in [1.82, 2.24) is 5.32 Å². The number of likely N-dealkylation sites (tertiary alicyclic amines) is 1. The van der Waals surface area contributed by atoms with Gasteiger partial charge in [-0.1, -0.05) is 13.3 Å². The molecule has 0 saturated carbocycles. The highest BCUT2D eigenvalue weighted by Gasteiger charge is 2.49. The van der Waals surface area contributed by atoms with Gasteiger partial charge in [-0.2, -0.15) is 0 Å². The second-order valence-corrected chi connectivity index (χ2v) is 9.78. The molecule has 0 bridgehead atoms. The minimum Gasteiger partial charge on any atom is -0.632 e. The normalized spacial score (nSPS) is 43.5. The van der Waals surface area contributed by atoms with Crippen molar-refractivity contribution < 1.29 is 29.5 Å². The molecule has 2 saturated heterocycles. The van der Waals surface area contributed by atoms with Gasteiger partial charge in [0.1, 0.15) is 29.9 Å². The quantitative estimate of drug-likeness (QED) is 0.257. The van der Waals surface area contributed by atoms with Gasteiger partial charge >= 0.3 is 0 Å². The van der Waals surface area contributed by atoms with E-state index in [-0.39, 0.29) is 5.92 Å². The van der Waals surface area contributed by atoms with Gasteiger partial charge in [0.25, 0.3) is 5.91 Å². The predicted octanol–water partition coefficient (Wildman–Crippen LogP) is 0.402.